The van der Waals surface area contributed by atoms with E-state index in [1.54, 1.807) is 11.0 Å². The second-order valence-corrected chi connectivity index (χ2v) is 4.44. The third-order valence-corrected chi connectivity index (χ3v) is 2.98. The molecule has 2 heterocycles. The second-order valence-electron chi connectivity index (χ2n) is 4.44. The van der Waals surface area contributed by atoms with Crippen LogP contribution >= 0.6 is 0 Å². The minimum absolute atomic E-state index is 0.0616. The maximum Gasteiger partial charge on any atom is 0.138 e. The minimum atomic E-state index is -0.0616. The van der Waals surface area contributed by atoms with Crippen molar-refractivity contribution >= 4 is 0 Å². The molecule has 0 aliphatic rings. The standard InChI is InChI=1S/C12H18N6/c1-8-4-9(2)12(14-6-8)10(17-13)5-11-15-7-16-18(11)3/h4,6-7,10,17H,5,13H2,1-3H3. The summed E-state index contributed by atoms with van der Waals surface area (Å²) in [5.41, 5.74) is 6.02. The molecule has 1 atom stereocenters. The van der Waals surface area contributed by atoms with Crippen LogP contribution in [-0.2, 0) is 13.5 Å². The summed E-state index contributed by atoms with van der Waals surface area (Å²) in [6.45, 7) is 4.06. The molecule has 2 aromatic heterocycles. The first-order valence-corrected chi connectivity index (χ1v) is 5.84. The molecule has 0 aliphatic carbocycles. The molecule has 0 radical (unpaired) electrons. The summed E-state index contributed by atoms with van der Waals surface area (Å²) in [6, 6.07) is 2.04. The Hall–Kier alpha value is -1.79. The highest BCUT2D eigenvalue weighted by Gasteiger charge is 2.17. The zero-order valence-electron chi connectivity index (χ0n) is 10.9. The molecule has 0 fully saturated rings. The molecule has 3 N–H and O–H groups in total. The Morgan fingerprint density at radius 1 is 1.39 bits per heavy atom. The van der Waals surface area contributed by atoms with Crippen molar-refractivity contribution in [2.45, 2.75) is 26.3 Å². The van der Waals surface area contributed by atoms with Gasteiger partial charge in [0.05, 0.1) is 11.7 Å². The average molecular weight is 246 g/mol. The molecule has 0 amide bonds. The summed E-state index contributed by atoms with van der Waals surface area (Å²) in [5.74, 6) is 6.51. The SMILES string of the molecule is Cc1cnc(C(Cc2ncnn2C)NN)c(C)c1. The Morgan fingerprint density at radius 2 is 2.17 bits per heavy atom. The molecule has 18 heavy (non-hydrogen) atoms. The van der Waals surface area contributed by atoms with Crippen molar-refractivity contribution in [2.24, 2.45) is 12.9 Å². The number of hydrazine groups is 1. The predicted molar refractivity (Wildman–Crippen MR) is 68.5 cm³/mol. The van der Waals surface area contributed by atoms with Gasteiger partial charge in [0, 0.05) is 19.7 Å². The summed E-state index contributed by atoms with van der Waals surface area (Å²) < 4.78 is 1.74. The highest BCUT2D eigenvalue weighted by atomic mass is 15.3. The molecule has 6 nitrogen and oxygen atoms in total. The van der Waals surface area contributed by atoms with Crippen LogP contribution in [0.1, 0.15) is 28.7 Å². The molecular weight excluding hydrogens is 228 g/mol. The maximum atomic E-state index is 5.63. The van der Waals surface area contributed by atoms with Crippen LogP contribution in [-0.4, -0.2) is 19.7 Å². The van der Waals surface area contributed by atoms with Crippen molar-refractivity contribution in [1.29, 1.82) is 0 Å². The van der Waals surface area contributed by atoms with Gasteiger partial charge < -0.3 is 0 Å². The van der Waals surface area contributed by atoms with Crippen molar-refractivity contribution in [2.75, 3.05) is 0 Å². The van der Waals surface area contributed by atoms with Crippen LogP contribution in [0.3, 0.4) is 0 Å². The van der Waals surface area contributed by atoms with E-state index in [4.69, 9.17) is 5.84 Å². The summed E-state index contributed by atoms with van der Waals surface area (Å²) in [4.78, 5) is 8.66. The molecule has 96 valence electrons. The molecular formula is C12H18N6. The zero-order valence-corrected chi connectivity index (χ0v) is 10.9. The first kappa shape index (κ1) is 12.7. The number of nitrogens with one attached hydrogen (secondary N) is 1. The fraction of sp³-hybridized carbons (Fsp3) is 0.417. The predicted octanol–water partition coefficient (Wildman–Crippen LogP) is 0.574. The van der Waals surface area contributed by atoms with Gasteiger partial charge in [-0.05, 0) is 25.0 Å². The van der Waals surface area contributed by atoms with E-state index in [9.17, 15) is 0 Å². The fourth-order valence-electron chi connectivity index (χ4n) is 2.01. The number of rotatable bonds is 4. The number of nitrogens with two attached hydrogens (primary N) is 1. The maximum absolute atomic E-state index is 5.63. The van der Waals surface area contributed by atoms with Crippen molar-refractivity contribution < 1.29 is 0 Å². The van der Waals surface area contributed by atoms with Gasteiger partial charge in [0.1, 0.15) is 12.2 Å². The van der Waals surface area contributed by atoms with Gasteiger partial charge in [-0.3, -0.25) is 20.9 Å². The molecule has 0 saturated heterocycles. The molecule has 0 aliphatic heterocycles. The van der Waals surface area contributed by atoms with Gasteiger partial charge in [0.15, 0.2) is 0 Å². The zero-order chi connectivity index (χ0) is 13.1. The third-order valence-electron chi connectivity index (χ3n) is 2.98. The van der Waals surface area contributed by atoms with Crippen LogP contribution in [0, 0.1) is 13.8 Å². The molecule has 0 aromatic carbocycles. The van der Waals surface area contributed by atoms with Gasteiger partial charge in [-0.25, -0.2) is 4.98 Å². The lowest BCUT2D eigenvalue weighted by Crippen LogP contribution is -2.31. The van der Waals surface area contributed by atoms with Crippen molar-refractivity contribution in [3.05, 3.63) is 41.2 Å². The topological polar surface area (TPSA) is 81.7 Å². The molecule has 0 spiro atoms. The van der Waals surface area contributed by atoms with E-state index >= 15 is 0 Å². The highest BCUT2D eigenvalue weighted by molar-refractivity contribution is 5.26. The normalized spacial score (nSPS) is 12.7. The third kappa shape index (κ3) is 2.55. The molecule has 2 aromatic rings. The lowest BCUT2D eigenvalue weighted by molar-refractivity contribution is 0.509. The van der Waals surface area contributed by atoms with E-state index in [1.807, 2.05) is 27.1 Å². The van der Waals surface area contributed by atoms with Gasteiger partial charge in [-0.15, -0.1) is 0 Å². The van der Waals surface area contributed by atoms with E-state index in [2.05, 4.69) is 26.6 Å². The summed E-state index contributed by atoms with van der Waals surface area (Å²) >= 11 is 0. The Kier molecular flexibility index (Phi) is 3.69. The van der Waals surface area contributed by atoms with E-state index < -0.39 is 0 Å². The van der Waals surface area contributed by atoms with Crippen LogP contribution in [0.4, 0.5) is 0 Å². The lowest BCUT2D eigenvalue weighted by atomic mass is 10.0. The van der Waals surface area contributed by atoms with Gasteiger partial charge in [-0.1, -0.05) is 6.07 Å². The number of aryl methyl sites for hydroxylation is 3. The Bertz CT molecular complexity index is 533. The Labute approximate surface area is 106 Å². The number of hydrogen-bond donors (Lipinski definition) is 2. The van der Waals surface area contributed by atoms with E-state index in [-0.39, 0.29) is 6.04 Å². The monoisotopic (exact) mass is 246 g/mol. The van der Waals surface area contributed by atoms with E-state index in [0.29, 0.717) is 6.42 Å². The number of pyridine rings is 1. The fourth-order valence-corrected chi connectivity index (χ4v) is 2.01. The average Bonchev–Trinajstić information content (AvgIpc) is 2.73. The van der Waals surface area contributed by atoms with Gasteiger partial charge >= 0.3 is 0 Å². The van der Waals surface area contributed by atoms with Crippen molar-refractivity contribution in [1.82, 2.24) is 25.2 Å². The first-order chi connectivity index (χ1) is 8.61. The van der Waals surface area contributed by atoms with Crippen LogP contribution in [0.25, 0.3) is 0 Å². The highest BCUT2D eigenvalue weighted by Crippen LogP contribution is 2.18. The van der Waals surface area contributed by atoms with E-state index in [1.165, 1.54) is 0 Å². The van der Waals surface area contributed by atoms with Crippen LogP contribution < -0.4 is 11.3 Å². The van der Waals surface area contributed by atoms with E-state index in [0.717, 1.165) is 22.6 Å². The molecule has 0 saturated carbocycles. The smallest absolute Gasteiger partial charge is 0.138 e. The minimum Gasteiger partial charge on any atom is -0.271 e. The quantitative estimate of drug-likeness (QED) is 0.609. The number of nitrogens with zero attached hydrogens (tertiary/aromatic N) is 4. The number of aromatic nitrogens is 4. The van der Waals surface area contributed by atoms with Gasteiger partial charge in [0.2, 0.25) is 0 Å². The molecule has 1 unspecified atom stereocenters. The van der Waals surface area contributed by atoms with Crippen molar-refractivity contribution in [3.63, 3.8) is 0 Å². The second kappa shape index (κ2) is 5.24. The van der Waals surface area contributed by atoms with Gasteiger partial charge in [0.25, 0.3) is 0 Å². The molecule has 0 bridgehead atoms. The molecule has 2 rings (SSSR count). The first-order valence-electron chi connectivity index (χ1n) is 5.84. The van der Waals surface area contributed by atoms with Crippen LogP contribution in [0.5, 0.6) is 0 Å². The van der Waals surface area contributed by atoms with Crippen molar-refractivity contribution in [3.8, 4) is 0 Å². The summed E-state index contributed by atoms with van der Waals surface area (Å²) in [6.07, 6.45) is 4.05. The molecule has 6 heteroatoms. The summed E-state index contributed by atoms with van der Waals surface area (Å²) in [7, 11) is 1.87. The Morgan fingerprint density at radius 3 is 2.72 bits per heavy atom. The van der Waals surface area contributed by atoms with Crippen LogP contribution in [0.2, 0.25) is 0 Å². The number of hydrogen-bond acceptors (Lipinski definition) is 5. The van der Waals surface area contributed by atoms with Crippen LogP contribution in [0.15, 0.2) is 18.6 Å². The van der Waals surface area contributed by atoms with Gasteiger partial charge in [-0.2, -0.15) is 5.10 Å². The summed E-state index contributed by atoms with van der Waals surface area (Å²) in [5, 5.41) is 4.05. The largest absolute Gasteiger partial charge is 0.271 e. The lowest BCUT2D eigenvalue weighted by Gasteiger charge is -2.17. The Balaban J connectivity index is 2.26.